The molecule has 16 heavy (non-hydrogen) atoms. The zero-order valence-corrected chi connectivity index (χ0v) is 12.8. The van der Waals surface area contributed by atoms with Crippen LogP contribution in [0.4, 0.5) is 5.82 Å². The largest absolute Gasteiger partial charge is 0.369 e. The molecule has 1 N–H and O–H groups in total. The fourth-order valence-electron chi connectivity index (χ4n) is 1.41. The van der Waals surface area contributed by atoms with Crippen molar-refractivity contribution in [3.05, 3.63) is 15.1 Å². The Labute approximate surface area is 112 Å². The minimum absolute atomic E-state index is 0.368. The maximum atomic E-state index is 4.66. The number of hydrogen-bond donors (Lipinski definition) is 1. The van der Waals surface area contributed by atoms with Crippen LogP contribution < -0.4 is 5.32 Å². The van der Waals surface area contributed by atoms with Crippen LogP contribution in [0.2, 0.25) is 0 Å². The van der Waals surface area contributed by atoms with Gasteiger partial charge in [-0.25, -0.2) is 9.97 Å². The van der Waals surface area contributed by atoms with Gasteiger partial charge in [0.2, 0.25) is 0 Å². The van der Waals surface area contributed by atoms with Gasteiger partial charge in [-0.05, 0) is 35.4 Å². The summed E-state index contributed by atoms with van der Waals surface area (Å²) in [4.78, 5) is 9.23. The van der Waals surface area contributed by atoms with Crippen LogP contribution in [-0.2, 0) is 0 Å². The van der Waals surface area contributed by atoms with E-state index < -0.39 is 0 Å². The molecular formula is C12H20IN3. The summed E-state index contributed by atoms with van der Waals surface area (Å²) in [6.45, 7) is 11.6. The molecule has 0 unspecified atom stereocenters. The van der Waals surface area contributed by atoms with Gasteiger partial charge in [0.25, 0.3) is 0 Å². The number of nitrogens with one attached hydrogen (secondary N) is 1. The molecule has 1 heterocycles. The molecule has 90 valence electrons. The Morgan fingerprint density at radius 1 is 1.12 bits per heavy atom. The fourth-order valence-corrected chi connectivity index (χ4v) is 2.46. The number of aromatic nitrogens is 2. The van der Waals surface area contributed by atoms with Gasteiger partial charge in [-0.1, -0.05) is 27.7 Å². The topological polar surface area (TPSA) is 37.8 Å². The molecule has 0 saturated heterocycles. The highest BCUT2D eigenvalue weighted by atomic mass is 127. The van der Waals surface area contributed by atoms with Gasteiger partial charge in [0.1, 0.15) is 11.6 Å². The Balaban J connectivity index is 3.27. The minimum Gasteiger partial charge on any atom is -0.369 e. The average Bonchev–Trinajstić information content (AvgIpc) is 2.20. The molecule has 0 spiro atoms. The predicted molar refractivity (Wildman–Crippen MR) is 77.1 cm³/mol. The third-order valence-corrected chi connectivity index (χ3v) is 3.37. The Bertz CT molecular complexity index is 362. The zero-order chi connectivity index (χ0) is 12.3. The second-order valence-electron chi connectivity index (χ2n) is 4.47. The van der Waals surface area contributed by atoms with Gasteiger partial charge in [0.15, 0.2) is 0 Å². The highest BCUT2D eigenvalue weighted by Gasteiger charge is 2.15. The number of rotatable bonds is 4. The highest BCUT2D eigenvalue weighted by molar-refractivity contribution is 14.1. The summed E-state index contributed by atoms with van der Waals surface area (Å²) < 4.78 is 1.15. The van der Waals surface area contributed by atoms with Crippen molar-refractivity contribution in [3.63, 3.8) is 0 Å². The number of hydrogen-bond acceptors (Lipinski definition) is 3. The smallest absolute Gasteiger partial charge is 0.143 e. The van der Waals surface area contributed by atoms with Crippen molar-refractivity contribution < 1.29 is 0 Å². The van der Waals surface area contributed by atoms with Crippen LogP contribution >= 0.6 is 22.6 Å². The average molecular weight is 333 g/mol. The van der Waals surface area contributed by atoms with Crippen molar-refractivity contribution in [3.8, 4) is 0 Å². The third-order valence-electron chi connectivity index (χ3n) is 2.30. The molecule has 0 bridgehead atoms. The van der Waals surface area contributed by atoms with E-state index >= 15 is 0 Å². The van der Waals surface area contributed by atoms with Crippen LogP contribution in [0.1, 0.15) is 58.0 Å². The van der Waals surface area contributed by atoms with E-state index in [1.54, 1.807) is 0 Å². The molecule has 1 aromatic rings. The summed E-state index contributed by atoms with van der Waals surface area (Å²) in [7, 11) is 0. The van der Waals surface area contributed by atoms with Gasteiger partial charge in [0, 0.05) is 12.5 Å². The summed E-state index contributed by atoms with van der Waals surface area (Å²) in [6.07, 6.45) is 0. The monoisotopic (exact) mass is 333 g/mol. The molecule has 0 amide bonds. The minimum atomic E-state index is 0.368. The lowest BCUT2D eigenvalue weighted by Gasteiger charge is -2.15. The Morgan fingerprint density at radius 2 is 1.75 bits per heavy atom. The van der Waals surface area contributed by atoms with E-state index in [0.29, 0.717) is 11.8 Å². The first kappa shape index (κ1) is 13.7. The standard InChI is InChI=1S/C12H20IN3/c1-6-14-12-9(13)10(7(2)3)15-11(16-12)8(4)5/h7-8H,6H2,1-5H3,(H,14,15,16). The van der Waals surface area contributed by atoms with Crippen LogP contribution in [0.3, 0.4) is 0 Å². The second-order valence-corrected chi connectivity index (χ2v) is 5.55. The molecule has 0 aromatic carbocycles. The van der Waals surface area contributed by atoms with E-state index in [-0.39, 0.29) is 0 Å². The molecule has 0 saturated carbocycles. The first-order valence-electron chi connectivity index (χ1n) is 5.78. The fraction of sp³-hybridized carbons (Fsp3) is 0.667. The van der Waals surface area contributed by atoms with Gasteiger partial charge in [-0.15, -0.1) is 0 Å². The van der Waals surface area contributed by atoms with Gasteiger partial charge in [-0.2, -0.15) is 0 Å². The molecular weight excluding hydrogens is 313 g/mol. The third kappa shape index (κ3) is 3.06. The lowest BCUT2D eigenvalue weighted by atomic mass is 10.1. The summed E-state index contributed by atoms with van der Waals surface area (Å²) in [5, 5.41) is 3.31. The lowest BCUT2D eigenvalue weighted by molar-refractivity contribution is 0.725. The quantitative estimate of drug-likeness (QED) is 0.853. The number of nitrogens with zero attached hydrogens (tertiary/aromatic N) is 2. The molecule has 1 rings (SSSR count). The molecule has 4 heteroatoms. The second kappa shape index (κ2) is 5.80. The molecule has 0 aliphatic carbocycles. The van der Waals surface area contributed by atoms with Gasteiger partial charge >= 0.3 is 0 Å². The van der Waals surface area contributed by atoms with Crippen molar-refractivity contribution >= 4 is 28.4 Å². The van der Waals surface area contributed by atoms with Crippen LogP contribution in [0.25, 0.3) is 0 Å². The highest BCUT2D eigenvalue weighted by Crippen LogP contribution is 2.26. The summed E-state index contributed by atoms with van der Waals surface area (Å²) >= 11 is 2.33. The normalized spacial score (nSPS) is 11.2. The molecule has 0 atom stereocenters. The van der Waals surface area contributed by atoms with Crippen LogP contribution in [0.15, 0.2) is 0 Å². The Hall–Kier alpha value is -0.390. The molecule has 0 fully saturated rings. The zero-order valence-electron chi connectivity index (χ0n) is 10.6. The molecule has 1 aromatic heterocycles. The van der Waals surface area contributed by atoms with E-state index in [4.69, 9.17) is 0 Å². The van der Waals surface area contributed by atoms with Gasteiger partial charge in [-0.3, -0.25) is 0 Å². The first-order chi connectivity index (χ1) is 7.47. The van der Waals surface area contributed by atoms with Crippen molar-refractivity contribution in [2.75, 3.05) is 11.9 Å². The van der Waals surface area contributed by atoms with Crippen molar-refractivity contribution in [1.29, 1.82) is 0 Å². The van der Waals surface area contributed by atoms with Crippen molar-refractivity contribution in [2.24, 2.45) is 0 Å². The Kier molecular flexibility index (Phi) is 4.95. The van der Waals surface area contributed by atoms with E-state index in [0.717, 1.165) is 27.5 Å². The number of anilines is 1. The maximum Gasteiger partial charge on any atom is 0.143 e. The molecule has 3 nitrogen and oxygen atoms in total. The van der Waals surface area contributed by atoms with Gasteiger partial charge < -0.3 is 5.32 Å². The maximum absolute atomic E-state index is 4.66. The molecule has 0 radical (unpaired) electrons. The Morgan fingerprint density at radius 3 is 2.19 bits per heavy atom. The van der Waals surface area contributed by atoms with E-state index in [2.05, 4.69) is 72.5 Å². The van der Waals surface area contributed by atoms with Crippen molar-refractivity contribution in [1.82, 2.24) is 9.97 Å². The van der Waals surface area contributed by atoms with E-state index in [1.807, 2.05) is 0 Å². The van der Waals surface area contributed by atoms with Gasteiger partial charge in [0.05, 0.1) is 9.26 Å². The van der Waals surface area contributed by atoms with E-state index in [1.165, 1.54) is 0 Å². The summed E-state index contributed by atoms with van der Waals surface area (Å²) in [5.41, 5.74) is 1.15. The van der Waals surface area contributed by atoms with Crippen molar-refractivity contribution in [2.45, 2.75) is 46.5 Å². The lowest BCUT2D eigenvalue weighted by Crippen LogP contribution is -2.11. The predicted octanol–water partition coefficient (Wildman–Crippen LogP) is 3.76. The summed E-state index contributed by atoms with van der Waals surface area (Å²) in [5.74, 6) is 2.71. The SMILES string of the molecule is CCNc1nc(C(C)C)nc(C(C)C)c1I. The van der Waals surface area contributed by atoms with Crippen LogP contribution in [0.5, 0.6) is 0 Å². The molecule has 0 aliphatic rings. The molecule has 0 aliphatic heterocycles. The van der Waals surface area contributed by atoms with Crippen LogP contribution in [0, 0.1) is 3.57 Å². The number of halogens is 1. The summed E-state index contributed by atoms with van der Waals surface area (Å²) in [6, 6.07) is 0. The van der Waals surface area contributed by atoms with Crippen LogP contribution in [-0.4, -0.2) is 16.5 Å². The first-order valence-corrected chi connectivity index (χ1v) is 6.86. The van der Waals surface area contributed by atoms with E-state index in [9.17, 15) is 0 Å².